The van der Waals surface area contributed by atoms with Crippen molar-refractivity contribution >= 4 is 47.1 Å². The van der Waals surface area contributed by atoms with Crippen LogP contribution in [0.2, 0.25) is 5.02 Å². The zero-order valence-electron chi connectivity index (χ0n) is 17.7. The zero-order chi connectivity index (χ0) is 24.3. The number of carbonyl (C=O) groups excluding carboxylic acids is 4. The van der Waals surface area contributed by atoms with Gasteiger partial charge in [0.05, 0.1) is 12.8 Å². The number of rotatable bonds is 7. The number of furan rings is 1. The molecule has 0 aliphatic rings. The van der Waals surface area contributed by atoms with Gasteiger partial charge in [-0.25, -0.2) is 5.43 Å². The van der Waals surface area contributed by atoms with Crippen molar-refractivity contribution in [1.82, 2.24) is 16.1 Å². The van der Waals surface area contributed by atoms with Gasteiger partial charge in [-0.15, -0.1) is 0 Å². The van der Waals surface area contributed by atoms with E-state index in [0.717, 1.165) is 5.56 Å². The van der Waals surface area contributed by atoms with Crippen molar-refractivity contribution in [2.45, 2.75) is 13.1 Å². The first-order valence-electron chi connectivity index (χ1n) is 9.99. The molecule has 1 aromatic heterocycles. The van der Waals surface area contributed by atoms with Gasteiger partial charge in [-0.2, -0.15) is 5.10 Å². The molecule has 4 N–H and O–H groups in total. The van der Waals surface area contributed by atoms with E-state index in [9.17, 15) is 19.2 Å². The Balaban J connectivity index is 1.40. The third-order valence-electron chi connectivity index (χ3n) is 4.25. The Bertz CT molecular complexity index is 1210. The minimum absolute atomic E-state index is 0.0517. The Morgan fingerprint density at radius 2 is 1.56 bits per heavy atom. The Morgan fingerprint density at radius 1 is 0.824 bits per heavy atom. The average Bonchev–Trinajstić information content (AvgIpc) is 3.29. The van der Waals surface area contributed by atoms with E-state index in [2.05, 4.69) is 26.5 Å². The number of amides is 4. The van der Waals surface area contributed by atoms with Gasteiger partial charge in [-0.05, 0) is 35.9 Å². The van der Waals surface area contributed by atoms with E-state index in [1.165, 1.54) is 12.3 Å². The van der Waals surface area contributed by atoms with Crippen molar-refractivity contribution in [1.29, 1.82) is 0 Å². The van der Waals surface area contributed by atoms with Crippen molar-refractivity contribution in [2.24, 2.45) is 5.10 Å². The maximum Gasteiger partial charge on any atom is 0.329 e. The van der Waals surface area contributed by atoms with Gasteiger partial charge in [-0.3, -0.25) is 19.2 Å². The lowest BCUT2D eigenvalue weighted by Crippen LogP contribution is -2.37. The van der Waals surface area contributed by atoms with E-state index in [-0.39, 0.29) is 18.8 Å². The molecule has 1 heterocycles. The molecule has 0 saturated heterocycles. The number of hydrogen-bond acceptors (Lipinski definition) is 6. The van der Waals surface area contributed by atoms with Crippen LogP contribution in [0.4, 0.5) is 5.69 Å². The van der Waals surface area contributed by atoms with E-state index in [0.29, 0.717) is 16.5 Å². The number of hydrazone groups is 1. The highest BCUT2D eigenvalue weighted by atomic mass is 35.5. The molecule has 3 rings (SSSR count). The van der Waals surface area contributed by atoms with Crippen LogP contribution in [0.25, 0.3) is 0 Å². The second-order valence-electron chi connectivity index (χ2n) is 6.82. The van der Waals surface area contributed by atoms with Crippen molar-refractivity contribution < 1.29 is 23.6 Å². The summed E-state index contributed by atoms with van der Waals surface area (Å²) in [6, 6.07) is 18.6. The van der Waals surface area contributed by atoms with E-state index < -0.39 is 23.6 Å². The molecule has 0 fully saturated rings. The predicted octanol–water partition coefficient (Wildman–Crippen LogP) is 1.95. The Labute approximate surface area is 199 Å². The maximum absolute atomic E-state index is 12.0. The molecule has 174 valence electrons. The molecule has 0 aliphatic carbocycles. The summed E-state index contributed by atoms with van der Waals surface area (Å²) in [6.07, 6.45) is 1.19. The second-order valence-corrected chi connectivity index (χ2v) is 7.26. The molecule has 0 radical (unpaired) electrons. The number of hydrogen-bond donors (Lipinski definition) is 4. The third-order valence-corrected chi connectivity index (χ3v) is 4.49. The quantitative estimate of drug-likeness (QED) is 0.232. The van der Waals surface area contributed by atoms with Crippen LogP contribution in [0.15, 0.2) is 76.2 Å². The smallest absolute Gasteiger partial charge is 0.329 e. The van der Waals surface area contributed by atoms with Crippen LogP contribution in [-0.2, 0) is 32.3 Å². The first kappa shape index (κ1) is 24.2. The Hall–Kier alpha value is -4.44. The molecule has 10 nitrogen and oxygen atoms in total. The highest BCUT2D eigenvalue weighted by molar-refractivity contribution is 6.39. The SMILES string of the molecule is O=C(NCc1ccccc1)C(=O)N/N=C/c1ccc(CNC(=O)C(=O)Nc2cccc(Cl)c2)o1. The second kappa shape index (κ2) is 12.0. The summed E-state index contributed by atoms with van der Waals surface area (Å²) in [5, 5.41) is 11.4. The number of nitrogens with zero attached hydrogens (tertiary/aromatic N) is 1. The van der Waals surface area contributed by atoms with Gasteiger partial charge in [0.15, 0.2) is 0 Å². The molecule has 0 saturated carbocycles. The molecule has 0 spiro atoms. The van der Waals surface area contributed by atoms with E-state index in [4.69, 9.17) is 16.0 Å². The highest BCUT2D eigenvalue weighted by Gasteiger charge is 2.15. The summed E-state index contributed by atoms with van der Waals surface area (Å²) < 4.78 is 5.43. The Kier molecular flexibility index (Phi) is 8.53. The fraction of sp³-hybridized carbons (Fsp3) is 0.0870. The molecule has 0 unspecified atom stereocenters. The number of benzene rings is 2. The molecule has 3 aromatic rings. The van der Waals surface area contributed by atoms with Crippen molar-refractivity contribution in [2.75, 3.05) is 5.32 Å². The van der Waals surface area contributed by atoms with E-state index >= 15 is 0 Å². The van der Waals surface area contributed by atoms with Crippen LogP contribution in [-0.4, -0.2) is 29.8 Å². The van der Waals surface area contributed by atoms with Gasteiger partial charge in [0.1, 0.15) is 11.5 Å². The first-order valence-corrected chi connectivity index (χ1v) is 10.4. The first-order chi connectivity index (χ1) is 16.4. The normalized spacial score (nSPS) is 10.5. The van der Waals surface area contributed by atoms with Crippen molar-refractivity contribution in [3.05, 3.63) is 88.8 Å². The molecule has 0 aliphatic heterocycles. The summed E-state index contributed by atoms with van der Waals surface area (Å²) in [5.74, 6) is -2.88. The predicted molar refractivity (Wildman–Crippen MR) is 125 cm³/mol. The number of carbonyl (C=O) groups is 4. The molecular formula is C23H20ClN5O5. The lowest BCUT2D eigenvalue weighted by Gasteiger charge is -2.05. The molecular weight excluding hydrogens is 462 g/mol. The molecule has 4 amide bonds. The van der Waals surface area contributed by atoms with Gasteiger partial charge in [0, 0.05) is 17.3 Å². The van der Waals surface area contributed by atoms with Crippen LogP contribution in [0.5, 0.6) is 0 Å². The highest BCUT2D eigenvalue weighted by Crippen LogP contribution is 2.14. The summed E-state index contributed by atoms with van der Waals surface area (Å²) in [6.45, 7) is 0.158. The number of nitrogens with one attached hydrogen (secondary N) is 4. The van der Waals surface area contributed by atoms with Crippen LogP contribution < -0.4 is 21.4 Å². The van der Waals surface area contributed by atoms with Gasteiger partial charge >= 0.3 is 23.6 Å². The summed E-state index contributed by atoms with van der Waals surface area (Å²) in [4.78, 5) is 47.5. The lowest BCUT2D eigenvalue weighted by molar-refractivity contribution is -0.139. The van der Waals surface area contributed by atoms with Crippen molar-refractivity contribution in [3.8, 4) is 0 Å². The molecule has 0 bridgehead atoms. The topological polar surface area (TPSA) is 142 Å². The molecule has 34 heavy (non-hydrogen) atoms. The molecule has 11 heteroatoms. The zero-order valence-corrected chi connectivity index (χ0v) is 18.5. The fourth-order valence-electron chi connectivity index (χ4n) is 2.62. The minimum atomic E-state index is -0.933. The van der Waals surface area contributed by atoms with Crippen LogP contribution in [0.3, 0.4) is 0 Å². The lowest BCUT2D eigenvalue weighted by atomic mass is 10.2. The van der Waals surface area contributed by atoms with Gasteiger partial charge in [0.25, 0.3) is 0 Å². The summed E-state index contributed by atoms with van der Waals surface area (Å²) in [7, 11) is 0. The largest absolute Gasteiger partial charge is 0.458 e. The summed E-state index contributed by atoms with van der Waals surface area (Å²) >= 11 is 5.84. The maximum atomic E-state index is 12.0. The van der Waals surface area contributed by atoms with Crippen molar-refractivity contribution in [3.63, 3.8) is 0 Å². The molecule has 0 atom stereocenters. The van der Waals surface area contributed by atoms with Crippen LogP contribution >= 0.6 is 11.6 Å². The average molecular weight is 482 g/mol. The van der Waals surface area contributed by atoms with Crippen LogP contribution in [0, 0.1) is 0 Å². The number of anilines is 1. The van der Waals surface area contributed by atoms with Gasteiger partial charge in [0.2, 0.25) is 0 Å². The van der Waals surface area contributed by atoms with E-state index in [1.54, 1.807) is 30.3 Å². The third kappa shape index (κ3) is 7.61. The molecule has 2 aromatic carbocycles. The number of halogens is 1. The summed E-state index contributed by atoms with van der Waals surface area (Å²) in [5.41, 5.74) is 3.34. The minimum Gasteiger partial charge on any atom is -0.458 e. The van der Waals surface area contributed by atoms with E-state index in [1.807, 2.05) is 30.3 Å². The van der Waals surface area contributed by atoms with Gasteiger partial charge in [-0.1, -0.05) is 48.0 Å². The standard InChI is InChI=1S/C23H20ClN5O5/c24-16-7-4-8-17(11-16)28-22(32)20(30)26-13-18-9-10-19(34-18)14-27-29-23(33)21(31)25-12-15-5-2-1-3-6-15/h1-11,14H,12-13H2,(H,25,31)(H,26,30)(H,28,32)(H,29,33)/b27-14+. The van der Waals surface area contributed by atoms with Gasteiger partial charge < -0.3 is 20.4 Å². The fourth-order valence-corrected chi connectivity index (χ4v) is 2.81. The monoisotopic (exact) mass is 481 g/mol. The van der Waals surface area contributed by atoms with Crippen LogP contribution in [0.1, 0.15) is 17.1 Å². The Morgan fingerprint density at radius 3 is 2.32 bits per heavy atom.